The highest BCUT2D eigenvalue weighted by atomic mass is 35.5. The van der Waals surface area contributed by atoms with Gasteiger partial charge < -0.3 is 9.64 Å². The lowest BCUT2D eigenvalue weighted by molar-refractivity contribution is 0.415. The van der Waals surface area contributed by atoms with Crippen LogP contribution in [0, 0.1) is 0 Å². The standard InChI is InChI=1S/C20H20ClN3O/c1-25-14-9-10-18-16(13-14)20(24-11-5-2-6-12-24)23-19(22-18)15-7-3-4-8-17(15)21/h3-4,7-10,13H,2,5-6,11-12H2,1H3. The van der Waals surface area contributed by atoms with Crippen molar-refractivity contribution in [3.63, 3.8) is 0 Å². The number of methoxy groups -OCH3 is 1. The molecule has 2 aromatic carbocycles. The van der Waals surface area contributed by atoms with Gasteiger partial charge in [-0.1, -0.05) is 23.7 Å². The van der Waals surface area contributed by atoms with Crippen molar-refractivity contribution in [2.75, 3.05) is 25.1 Å². The molecule has 1 fully saturated rings. The number of aromatic nitrogens is 2. The zero-order chi connectivity index (χ0) is 17.2. The second-order valence-corrected chi connectivity index (χ2v) is 6.69. The van der Waals surface area contributed by atoms with Gasteiger partial charge >= 0.3 is 0 Å². The molecular weight excluding hydrogens is 334 g/mol. The van der Waals surface area contributed by atoms with Crippen LogP contribution in [-0.2, 0) is 0 Å². The molecule has 0 saturated carbocycles. The summed E-state index contributed by atoms with van der Waals surface area (Å²) in [5, 5.41) is 1.69. The molecule has 3 aromatic rings. The zero-order valence-electron chi connectivity index (χ0n) is 14.2. The Labute approximate surface area is 152 Å². The molecule has 1 aromatic heterocycles. The molecule has 25 heavy (non-hydrogen) atoms. The Bertz CT molecular complexity index is 907. The molecule has 0 spiro atoms. The summed E-state index contributed by atoms with van der Waals surface area (Å²) in [5.74, 6) is 2.46. The van der Waals surface area contributed by atoms with Gasteiger partial charge in [-0.15, -0.1) is 0 Å². The molecule has 1 aliphatic heterocycles. The van der Waals surface area contributed by atoms with E-state index in [2.05, 4.69) is 4.90 Å². The van der Waals surface area contributed by atoms with Crippen LogP contribution in [-0.4, -0.2) is 30.2 Å². The van der Waals surface area contributed by atoms with Crippen molar-refractivity contribution in [1.82, 2.24) is 9.97 Å². The van der Waals surface area contributed by atoms with E-state index < -0.39 is 0 Å². The highest BCUT2D eigenvalue weighted by molar-refractivity contribution is 6.33. The maximum atomic E-state index is 6.38. The lowest BCUT2D eigenvalue weighted by Gasteiger charge is -2.29. The zero-order valence-corrected chi connectivity index (χ0v) is 15.0. The van der Waals surface area contributed by atoms with E-state index in [1.54, 1.807) is 7.11 Å². The van der Waals surface area contributed by atoms with E-state index in [4.69, 9.17) is 26.3 Å². The molecule has 0 atom stereocenters. The Morgan fingerprint density at radius 1 is 1.00 bits per heavy atom. The highest BCUT2D eigenvalue weighted by Gasteiger charge is 2.19. The number of hydrogen-bond donors (Lipinski definition) is 0. The monoisotopic (exact) mass is 353 g/mol. The van der Waals surface area contributed by atoms with Crippen molar-refractivity contribution in [1.29, 1.82) is 0 Å². The third-order valence-electron chi connectivity index (χ3n) is 4.65. The molecular formula is C20H20ClN3O. The molecule has 1 aliphatic rings. The normalized spacial score (nSPS) is 14.7. The molecule has 4 rings (SSSR count). The first-order valence-corrected chi connectivity index (χ1v) is 9.00. The first-order chi connectivity index (χ1) is 12.3. The van der Waals surface area contributed by atoms with Crippen molar-refractivity contribution in [2.24, 2.45) is 0 Å². The van der Waals surface area contributed by atoms with Gasteiger partial charge in [0.25, 0.3) is 0 Å². The van der Waals surface area contributed by atoms with Crippen molar-refractivity contribution < 1.29 is 4.74 Å². The third-order valence-corrected chi connectivity index (χ3v) is 4.98. The van der Waals surface area contributed by atoms with Crippen LogP contribution >= 0.6 is 11.6 Å². The van der Waals surface area contributed by atoms with Gasteiger partial charge in [0.2, 0.25) is 0 Å². The third kappa shape index (κ3) is 3.14. The van der Waals surface area contributed by atoms with Crippen molar-refractivity contribution >= 4 is 28.3 Å². The molecule has 0 unspecified atom stereocenters. The minimum absolute atomic E-state index is 0.667. The lowest BCUT2D eigenvalue weighted by Crippen LogP contribution is -2.30. The molecule has 5 heteroatoms. The summed E-state index contributed by atoms with van der Waals surface area (Å²) in [4.78, 5) is 12.0. The highest BCUT2D eigenvalue weighted by Crippen LogP contribution is 2.33. The number of anilines is 1. The average molecular weight is 354 g/mol. The van der Waals surface area contributed by atoms with Crippen LogP contribution in [0.1, 0.15) is 19.3 Å². The predicted octanol–water partition coefficient (Wildman–Crippen LogP) is 4.95. The first-order valence-electron chi connectivity index (χ1n) is 8.62. The minimum atomic E-state index is 0.667. The average Bonchev–Trinajstić information content (AvgIpc) is 2.68. The number of piperidine rings is 1. The van der Waals surface area contributed by atoms with Gasteiger partial charge in [-0.05, 0) is 49.6 Å². The second-order valence-electron chi connectivity index (χ2n) is 6.28. The molecule has 0 amide bonds. The van der Waals surface area contributed by atoms with E-state index in [-0.39, 0.29) is 0 Å². The van der Waals surface area contributed by atoms with Gasteiger partial charge in [0.05, 0.1) is 17.6 Å². The van der Waals surface area contributed by atoms with E-state index in [1.165, 1.54) is 19.3 Å². The summed E-state index contributed by atoms with van der Waals surface area (Å²) in [6.45, 7) is 2.04. The predicted molar refractivity (Wildman–Crippen MR) is 103 cm³/mol. The number of rotatable bonds is 3. The van der Waals surface area contributed by atoms with Crippen LogP contribution in [0.3, 0.4) is 0 Å². The van der Waals surface area contributed by atoms with Crippen LogP contribution in [0.4, 0.5) is 5.82 Å². The van der Waals surface area contributed by atoms with E-state index in [9.17, 15) is 0 Å². The lowest BCUT2D eigenvalue weighted by atomic mass is 10.1. The first kappa shape index (κ1) is 16.2. The minimum Gasteiger partial charge on any atom is -0.497 e. The summed E-state index contributed by atoms with van der Waals surface area (Å²) in [6, 6.07) is 13.7. The second kappa shape index (κ2) is 6.89. The van der Waals surface area contributed by atoms with Crippen molar-refractivity contribution in [2.45, 2.75) is 19.3 Å². The fourth-order valence-electron chi connectivity index (χ4n) is 3.33. The van der Waals surface area contributed by atoms with Gasteiger partial charge in [-0.25, -0.2) is 9.97 Å². The van der Waals surface area contributed by atoms with Crippen LogP contribution < -0.4 is 9.64 Å². The number of ether oxygens (including phenoxy) is 1. The van der Waals surface area contributed by atoms with E-state index in [0.717, 1.165) is 41.1 Å². The molecule has 0 bridgehead atoms. The molecule has 0 radical (unpaired) electrons. The summed E-state index contributed by atoms with van der Waals surface area (Å²) in [5.41, 5.74) is 1.77. The summed E-state index contributed by atoms with van der Waals surface area (Å²) < 4.78 is 5.40. The van der Waals surface area contributed by atoms with Gasteiger partial charge in [-0.3, -0.25) is 0 Å². The molecule has 4 nitrogen and oxygen atoms in total. The topological polar surface area (TPSA) is 38.3 Å². The Kier molecular flexibility index (Phi) is 4.45. The van der Waals surface area contributed by atoms with Gasteiger partial charge in [0.15, 0.2) is 5.82 Å². The number of hydrogen-bond acceptors (Lipinski definition) is 4. The van der Waals surface area contributed by atoms with E-state index in [1.807, 2.05) is 42.5 Å². The summed E-state index contributed by atoms with van der Waals surface area (Å²) >= 11 is 6.38. The molecule has 2 heterocycles. The smallest absolute Gasteiger partial charge is 0.163 e. The molecule has 0 aliphatic carbocycles. The Hall–Kier alpha value is -2.33. The van der Waals surface area contributed by atoms with Gasteiger partial charge in [-0.2, -0.15) is 0 Å². The van der Waals surface area contributed by atoms with Crippen LogP contribution in [0.15, 0.2) is 42.5 Å². The molecule has 0 N–H and O–H groups in total. The molecule has 1 saturated heterocycles. The van der Waals surface area contributed by atoms with E-state index >= 15 is 0 Å². The Morgan fingerprint density at radius 2 is 1.80 bits per heavy atom. The molecule has 128 valence electrons. The van der Waals surface area contributed by atoms with Crippen molar-refractivity contribution in [3.8, 4) is 17.1 Å². The van der Waals surface area contributed by atoms with Crippen LogP contribution in [0.25, 0.3) is 22.3 Å². The van der Waals surface area contributed by atoms with Gasteiger partial charge in [0, 0.05) is 24.0 Å². The largest absolute Gasteiger partial charge is 0.497 e. The maximum Gasteiger partial charge on any atom is 0.163 e. The Morgan fingerprint density at radius 3 is 2.56 bits per heavy atom. The van der Waals surface area contributed by atoms with Gasteiger partial charge in [0.1, 0.15) is 11.6 Å². The summed E-state index contributed by atoms with van der Waals surface area (Å²) in [6.07, 6.45) is 3.66. The number of halogens is 1. The van der Waals surface area contributed by atoms with Crippen LogP contribution in [0.2, 0.25) is 5.02 Å². The van der Waals surface area contributed by atoms with Crippen molar-refractivity contribution in [3.05, 3.63) is 47.5 Å². The van der Waals surface area contributed by atoms with Crippen LogP contribution in [0.5, 0.6) is 5.75 Å². The fourth-order valence-corrected chi connectivity index (χ4v) is 3.55. The fraction of sp³-hybridized carbons (Fsp3) is 0.300. The quantitative estimate of drug-likeness (QED) is 0.667. The summed E-state index contributed by atoms with van der Waals surface area (Å²) in [7, 11) is 1.68. The number of benzene rings is 2. The maximum absolute atomic E-state index is 6.38. The SMILES string of the molecule is COc1ccc2nc(-c3ccccc3Cl)nc(N3CCCCC3)c2c1. The number of nitrogens with zero attached hydrogens (tertiary/aromatic N) is 3. The van der Waals surface area contributed by atoms with E-state index in [0.29, 0.717) is 10.8 Å². The number of fused-ring (bicyclic) bond motifs is 1. The Balaban J connectivity index is 1.93.